The number of phenolic OH excluding ortho intramolecular Hbond substituents is 1. The molecule has 112 valence electrons. The number of aromatic hydroxyl groups is 1. The largest absolute Gasteiger partial charge is 0.507 e. The molecular weight excluding hydrogens is 246 g/mol. The molecule has 0 aliphatic heterocycles. The zero-order chi connectivity index (χ0) is 15.0. The molecule has 0 bridgehead atoms. The third kappa shape index (κ3) is 2.58. The number of rotatable bonds is 3. The highest BCUT2D eigenvalue weighted by molar-refractivity contribution is 5.51. The van der Waals surface area contributed by atoms with E-state index < -0.39 is 0 Å². The highest BCUT2D eigenvalue weighted by atomic mass is 16.3. The average Bonchev–Trinajstić information content (AvgIpc) is 2.87. The van der Waals surface area contributed by atoms with Crippen LogP contribution < -0.4 is 5.73 Å². The number of nitrogens with two attached hydrogens (primary N) is 1. The SMILES string of the molecule is CCc1cc(C(C)(C)C)c(O)c(C2(CN)CCCC2)c1. The fourth-order valence-electron chi connectivity index (χ4n) is 3.51. The van der Waals surface area contributed by atoms with Crippen LogP contribution in [0.5, 0.6) is 5.75 Å². The molecule has 1 fully saturated rings. The summed E-state index contributed by atoms with van der Waals surface area (Å²) in [6, 6.07) is 4.36. The molecule has 0 unspecified atom stereocenters. The molecule has 0 amide bonds. The second-order valence-corrected chi connectivity index (χ2v) is 7.33. The van der Waals surface area contributed by atoms with E-state index in [4.69, 9.17) is 5.73 Å². The van der Waals surface area contributed by atoms with E-state index in [9.17, 15) is 5.11 Å². The van der Waals surface area contributed by atoms with Crippen molar-refractivity contribution in [3.8, 4) is 5.75 Å². The van der Waals surface area contributed by atoms with Crippen molar-refractivity contribution in [2.45, 2.75) is 70.6 Å². The smallest absolute Gasteiger partial charge is 0.123 e. The minimum Gasteiger partial charge on any atom is -0.507 e. The van der Waals surface area contributed by atoms with Gasteiger partial charge in [-0.1, -0.05) is 52.7 Å². The van der Waals surface area contributed by atoms with Crippen LogP contribution in [0.25, 0.3) is 0 Å². The number of benzene rings is 1. The lowest BCUT2D eigenvalue weighted by Gasteiger charge is -2.32. The van der Waals surface area contributed by atoms with Crippen molar-refractivity contribution in [1.82, 2.24) is 0 Å². The Morgan fingerprint density at radius 2 is 1.80 bits per heavy atom. The normalized spacial score (nSPS) is 18.4. The van der Waals surface area contributed by atoms with Crippen LogP contribution in [0, 0.1) is 0 Å². The lowest BCUT2D eigenvalue weighted by Crippen LogP contribution is -2.32. The third-order valence-electron chi connectivity index (χ3n) is 4.91. The van der Waals surface area contributed by atoms with Gasteiger partial charge < -0.3 is 10.8 Å². The Labute approximate surface area is 123 Å². The number of hydrogen-bond acceptors (Lipinski definition) is 2. The van der Waals surface area contributed by atoms with E-state index in [0.717, 1.165) is 30.4 Å². The molecule has 0 saturated heterocycles. The molecule has 0 radical (unpaired) electrons. The van der Waals surface area contributed by atoms with Gasteiger partial charge in [0.15, 0.2) is 0 Å². The Morgan fingerprint density at radius 3 is 2.25 bits per heavy atom. The van der Waals surface area contributed by atoms with Gasteiger partial charge in [0.1, 0.15) is 5.75 Å². The van der Waals surface area contributed by atoms with E-state index in [1.807, 2.05) is 0 Å². The molecular formula is C18H29NO. The summed E-state index contributed by atoms with van der Waals surface area (Å²) in [4.78, 5) is 0. The second-order valence-electron chi connectivity index (χ2n) is 7.33. The third-order valence-corrected chi connectivity index (χ3v) is 4.91. The molecule has 1 aliphatic rings. The summed E-state index contributed by atoms with van der Waals surface area (Å²) >= 11 is 0. The Bertz CT molecular complexity index is 479. The van der Waals surface area contributed by atoms with Crippen LogP contribution in [0.15, 0.2) is 12.1 Å². The summed E-state index contributed by atoms with van der Waals surface area (Å²) in [5, 5.41) is 10.8. The minimum atomic E-state index is -0.0432. The van der Waals surface area contributed by atoms with Gasteiger partial charge in [-0.15, -0.1) is 0 Å². The Balaban J connectivity index is 2.63. The lowest BCUT2D eigenvalue weighted by atomic mass is 9.74. The van der Waals surface area contributed by atoms with Crippen LogP contribution in [0.1, 0.15) is 70.1 Å². The Hall–Kier alpha value is -1.02. The minimum absolute atomic E-state index is 0.00470. The van der Waals surface area contributed by atoms with Crippen LogP contribution in [0.4, 0.5) is 0 Å². The maximum atomic E-state index is 10.8. The molecule has 1 aromatic carbocycles. The van der Waals surface area contributed by atoms with E-state index in [1.165, 1.54) is 18.4 Å². The van der Waals surface area contributed by atoms with Gasteiger partial charge in [-0.2, -0.15) is 0 Å². The van der Waals surface area contributed by atoms with Gasteiger partial charge in [0.05, 0.1) is 0 Å². The molecule has 2 nitrogen and oxygen atoms in total. The van der Waals surface area contributed by atoms with Gasteiger partial charge in [0.25, 0.3) is 0 Å². The number of hydrogen-bond donors (Lipinski definition) is 2. The van der Waals surface area contributed by atoms with Crippen LogP contribution in [0.2, 0.25) is 0 Å². The van der Waals surface area contributed by atoms with Crippen LogP contribution in [-0.2, 0) is 17.3 Å². The average molecular weight is 275 g/mol. The Kier molecular flexibility index (Phi) is 4.15. The van der Waals surface area contributed by atoms with Crippen molar-refractivity contribution < 1.29 is 5.11 Å². The maximum Gasteiger partial charge on any atom is 0.123 e. The van der Waals surface area contributed by atoms with Crippen molar-refractivity contribution >= 4 is 0 Å². The van der Waals surface area contributed by atoms with Crippen molar-refractivity contribution in [1.29, 1.82) is 0 Å². The quantitative estimate of drug-likeness (QED) is 0.875. The number of aryl methyl sites for hydroxylation is 1. The fourth-order valence-corrected chi connectivity index (χ4v) is 3.51. The second kappa shape index (κ2) is 5.40. The lowest BCUT2D eigenvalue weighted by molar-refractivity contribution is 0.392. The van der Waals surface area contributed by atoms with Crippen molar-refractivity contribution in [2.75, 3.05) is 6.54 Å². The van der Waals surface area contributed by atoms with E-state index in [1.54, 1.807) is 0 Å². The van der Waals surface area contributed by atoms with Gasteiger partial charge >= 0.3 is 0 Å². The highest BCUT2D eigenvalue weighted by Gasteiger charge is 2.38. The predicted octanol–water partition coefficient (Wildman–Crippen LogP) is 4.02. The van der Waals surface area contributed by atoms with Crippen LogP contribution in [-0.4, -0.2) is 11.7 Å². The van der Waals surface area contributed by atoms with Gasteiger partial charge in [0, 0.05) is 17.5 Å². The first-order valence-electron chi connectivity index (χ1n) is 7.91. The fraction of sp³-hybridized carbons (Fsp3) is 0.667. The summed E-state index contributed by atoms with van der Waals surface area (Å²) < 4.78 is 0. The van der Waals surface area contributed by atoms with Crippen molar-refractivity contribution in [2.24, 2.45) is 5.73 Å². The summed E-state index contributed by atoms with van der Waals surface area (Å²) in [6.45, 7) is 9.29. The molecule has 1 aliphatic carbocycles. The first-order valence-corrected chi connectivity index (χ1v) is 7.91. The van der Waals surface area contributed by atoms with Crippen molar-refractivity contribution in [3.05, 3.63) is 28.8 Å². The first kappa shape index (κ1) is 15.4. The molecule has 2 heteroatoms. The summed E-state index contributed by atoms with van der Waals surface area (Å²) in [5.74, 6) is 0.488. The molecule has 1 saturated carbocycles. The van der Waals surface area contributed by atoms with E-state index >= 15 is 0 Å². The molecule has 1 aromatic rings. The van der Waals surface area contributed by atoms with Gasteiger partial charge in [-0.25, -0.2) is 0 Å². The van der Waals surface area contributed by atoms with Gasteiger partial charge in [-0.3, -0.25) is 0 Å². The van der Waals surface area contributed by atoms with E-state index in [0.29, 0.717) is 12.3 Å². The summed E-state index contributed by atoms with van der Waals surface area (Å²) in [6.07, 6.45) is 5.65. The van der Waals surface area contributed by atoms with Gasteiger partial charge in [-0.05, 0) is 35.8 Å². The molecule has 0 atom stereocenters. The predicted molar refractivity (Wildman–Crippen MR) is 85.4 cm³/mol. The molecule has 0 aromatic heterocycles. The van der Waals surface area contributed by atoms with E-state index in [-0.39, 0.29) is 10.8 Å². The summed E-state index contributed by atoms with van der Waals surface area (Å²) in [5.41, 5.74) is 9.53. The molecule has 0 heterocycles. The first-order chi connectivity index (χ1) is 9.34. The molecule has 3 N–H and O–H groups in total. The standard InChI is InChI=1S/C18H29NO/c1-5-13-10-14(17(2,3)4)16(20)15(11-13)18(12-19)8-6-7-9-18/h10-11,20H,5-9,12,19H2,1-4H3. The molecule has 0 spiro atoms. The number of phenols is 1. The molecule has 2 rings (SSSR count). The topological polar surface area (TPSA) is 46.2 Å². The monoisotopic (exact) mass is 275 g/mol. The van der Waals surface area contributed by atoms with Crippen LogP contribution >= 0.6 is 0 Å². The summed E-state index contributed by atoms with van der Waals surface area (Å²) in [7, 11) is 0. The molecule has 20 heavy (non-hydrogen) atoms. The van der Waals surface area contributed by atoms with Crippen molar-refractivity contribution in [3.63, 3.8) is 0 Å². The van der Waals surface area contributed by atoms with E-state index in [2.05, 4.69) is 39.8 Å². The Morgan fingerprint density at radius 1 is 1.20 bits per heavy atom. The van der Waals surface area contributed by atoms with Gasteiger partial charge in [0.2, 0.25) is 0 Å². The maximum absolute atomic E-state index is 10.8. The zero-order valence-electron chi connectivity index (χ0n) is 13.4. The van der Waals surface area contributed by atoms with Crippen LogP contribution in [0.3, 0.4) is 0 Å². The zero-order valence-corrected chi connectivity index (χ0v) is 13.4. The highest BCUT2D eigenvalue weighted by Crippen LogP contribution is 2.47.